The van der Waals surface area contributed by atoms with E-state index in [9.17, 15) is 9.18 Å². The Morgan fingerprint density at radius 3 is 3.05 bits per heavy atom. The fourth-order valence-corrected chi connectivity index (χ4v) is 2.61. The molecule has 1 aromatic rings. The molecule has 0 radical (unpaired) electrons. The molecule has 1 aliphatic rings. The average molecular weight is 331 g/mol. The molecule has 0 bridgehead atoms. The van der Waals surface area contributed by atoms with Crippen molar-refractivity contribution in [2.75, 3.05) is 32.1 Å². The SMILES string of the molecule is COCC1(C(=O)Nc2cc(Br)ccc2F)CCNC1. The maximum atomic E-state index is 13.6. The number of nitrogens with one attached hydrogen (secondary N) is 2. The van der Waals surface area contributed by atoms with Gasteiger partial charge in [0, 0.05) is 18.1 Å². The summed E-state index contributed by atoms with van der Waals surface area (Å²) in [5, 5.41) is 5.80. The van der Waals surface area contributed by atoms with Crippen molar-refractivity contribution in [3.63, 3.8) is 0 Å². The first-order valence-electron chi connectivity index (χ1n) is 6.03. The van der Waals surface area contributed by atoms with Crippen LogP contribution in [0.25, 0.3) is 0 Å². The largest absolute Gasteiger partial charge is 0.384 e. The highest BCUT2D eigenvalue weighted by atomic mass is 79.9. The molecule has 0 aromatic heterocycles. The van der Waals surface area contributed by atoms with Gasteiger partial charge in [-0.1, -0.05) is 15.9 Å². The van der Waals surface area contributed by atoms with E-state index in [1.807, 2.05) is 0 Å². The quantitative estimate of drug-likeness (QED) is 0.889. The second kappa shape index (κ2) is 5.98. The zero-order valence-corrected chi connectivity index (χ0v) is 12.2. The van der Waals surface area contributed by atoms with Gasteiger partial charge in [-0.2, -0.15) is 0 Å². The minimum atomic E-state index is -0.622. The van der Waals surface area contributed by atoms with E-state index in [4.69, 9.17) is 4.74 Å². The fourth-order valence-electron chi connectivity index (χ4n) is 2.25. The molecular formula is C13H16BrFN2O2. The first-order chi connectivity index (χ1) is 9.07. The van der Waals surface area contributed by atoms with E-state index in [-0.39, 0.29) is 11.6 Å². The summed E-state index contributed by atoms with van der Waals surface area (Å²) < 4.78 is 19.5. The van der Waals surface area contributed by atoms with Crippen LogP contribution in [0.1, 0.15) is 6.42 Å². The van der Waals surface area contributed by atoms with Crippen molar-refractivity contribution >= 4 is 27.5 Å². The number of carbonyl (C=O) groups excluding carboxylic acids is 1. The fraction of sp³-hybridized carbons (Fsp3) is 0.462. The Balaban J connectivity index is 2.17. The van der Waals surface area contributed by atoms with Crippen LogP contribution in [0.2, 0.25) is 0 Å². The van der Waals surface area contributed by atoms with Crippen LogP contribution in [0.3, 0.4) is 0 Å². The molecule has 1 fully saturated rings. The van der Waals surface area contributed by atoms with E-state index in [0.29, 0.717) is 19.6 Å². The summed E-state index contributed by atoms with van der Waals surface area (Å²) in [5.74, 6) is -0.661. The van der Waals surface area contributed by atoms with E-state index in [1.165, 1.54) is 6.07 Å². The Hall–Kier alpha value is -0.980. The van der Waals surface area contributed by atoms with Gasteiger partial charge in [0.1, 0.15) is 5.82 Å². The van der Waals surface area contributed by atoms with Gasteiger partial charge >= 0.3 is 0 Å². The lowest BCUT2D eigenvalue weighted by molar-refractivity contribution is -0.127. The Labute approximate surface area is 119 Å². The van der Waals surface area contributed by atoms with Crippen molar-refractivity contribution in [3.05, 3.63) is 28.5 Å². The van der Waals surface area contributed by atoms with Crippen LogP contribution >= 0.6 is 15.9 Å². The van der Waals surface area contributed by atoms with E-state index in [0.717, 1.165) is 11.0 Å². The maximum Gasteiger partial charge on any atom is 0.234 e. The maximum absolute atomic E-state index is 13.6. The number of rotatable bonds is 4. The Kier molecular flexibility index (Phi) is 4.54. The Morgan fingerprint density at radius 1 is 1.63 bits per heavy atom. The molecule has 1 amide bonds. The molecule has 1 heterocycles. The van der Waals surface area contributed by atoms with Crippen molar-refractivity contribution in [3.8, 4) is 0 Å². The normalized spacial score (nSPS) is 22.5. The molecule has 4 nitrogen and oxygen atoms in total. The number of anilines is 1. The predicted octanol–water partition coefficient (Wildman–Crippen LogP) is 2.15. The second-order valence-electron chi connectivity index (χ2n) is 4.72. The molecule has 1 aromatic carbocycles. The minimum absolute atomic E-state index is 0.182. The van der Waals surface area contributed by atoms with E-state index >= 15 is 0 Å². The molecule has 0 aliphatic carbocycles. The first-order valence-corrected chi connectivity index (χ1v) is 6.83. The number of benzene rings is 1. The lowest BCUT2D eigenvalue weighted by Crippen LogP contribution is -2.42. The van der Waals surface area contributed by atoms with Crippen molar-refractivity contribution in [2.45, 2.75) is 6.42 Å². The lowest BCUT2D eigenvalue weighted by Gasteiger charge is -2.26. The zero-order chi connectivity index (χ0) is 13.9. The van der Waals surface area contributed by atoms with E-state index in [1.54, 1.807) is 19.2 Å². The third-order valence-electron chi connectivity index (χ3n) is 3.32. The summed E-state index contributed by atoms with van der Waals surface area (Å²) in [6.45, 7) is 1.63. The van der Waals surface area contributed by atoms with Crippen LogP contribution in [0.5, 0.6) is 0 Å². The highest BCUT2D eigenvalue weighted by Crippen LogP contribution is 2.29. The number of hydrogen-bond donors (Lipinski definition) is 2. The lowest BCUT2D eigenvalue weighted by atomic mass is 9.87. The summed E-state index contributed by atoms with van der Waals surface area (Å²) >= 11 is 3.26. The molecule has 2 rings (SSSR count). The van der Waals surface area contributed by atoms with Gasteiger partial charge < -0.3 is 15.4 Å². The predicted molar refractivity (Wildman–Crippen MR) is 74.5 cm³/mol. The molecule has 1 aliphatic heterocycles. The van der Waals surface area contributed by atoms with Gasteiger partial charge in [0.05, 0.1) is 17.7 Å². The van der Waals surface area contributed by atoms with Gasteiger partial charge in [-0.15, -0.1) is 0 Å². The van der Waals surface area contributed by atoms with Crippen LogP contribution in [0.15, 0.2) is 22.7 Å². The highest BCUT2D eigenvalue weighted by molar-refractivity contribution is 9.10. The topological polar surface area (TPSA) is 50.4 Å². The van der Waals surface area contributed by atoms with Gasteiger partial charge in [0.25, 0.3) is 0 Å². The number of carbonyl (C=O) groups is 1. The second-order valence-corrected chi connectivity index (χ2v) is 5.63. The number of halogens is 2. The van der Waals surface area contributed by atoms with Gasteiger partial charge in [0.15, 0.2) is 0 Å². The third kappa shape index (κ3) is 3.13. The zero-order valence-electron chi connectivity index (χ0n) is 10.6. The van der Waals surface area contributed by atoms with Crippen LogP contribution < -0.4 is 10.6 Å². The number of hydrogen-bond acceptors (Lipinski definition) is 3. The van der Waals surface area contributed by atoms with Crippen molar-refractivity contribution in [1.82, 2.24) is 5.32 Å². The van der Waals surface area contributed by atoms with Crippen molar-refractivity contribution in [2.24, 2.45) is 5.41 Å². The molecule has 104 valence electrons. The van der Waals surface area contributed by atoms with E-state index < -0.39 is 11.2 Å². The average Bonchev–Trinajstić information content (AvgIpc) is 2.84. The summed E-state index contributed by atoms with van der Waals surface area (Å²) in [6, 6.07) is 4.46. The van der Waals surface area contributed by atoms with Gasteiger partial charge in [-0.3, -0.25) is 4.79 Å². The number of amides is 1. The number of ether oxygens (including phenoxy) is 1. The molecule has 6 heteroatoms. The summed E-state index contributed by atoms with van der Waals surface area (Å²) in [4.78, 5) is 12.4. The van der Waals surface area contributed by atoms with Gasteiger partial charge in [0.2, 0.25) is 5.91 Å². The minimum Gasteiger partial charge on any atom is -0.384 e. The van der Waals surface area contributed by atoms with Crippen LogP contribution in [-0.2, 0) is 9.53 Å². The molecule has 1 unspecified atom stereocenters. The monoisotopic (exact) mass is 330 g/mol. The third-order valence-corrected chi connectivity index (χ3v) is 3.82. The van der Waals surface area contributed by atoms with Crippen LogP contribution in [0, 0.1) is 11.2 Å². The van der Waals surface area contributed by atoms with Gasteiger partial charge in [-0.25, -0.2) is 4.39 Å². The molecule has 2 N–H and O–H groups in total. The summed E-state index contributed by atoms with van der Waals surface area (Å²) in [7, 11) is 1.56. The Bertz CT molecular complexity index is 476. The van der Waals surface area contributed by atoms with Crippen molar-refractivity contribution in [1.29, 1.82) is 0 Å². The molecule has 0 saturated carbocycles. The van der Waals surface area contributed by atoms with E-state index in [2.05, 4.69) is 26.6 Å². The van der Waals surface area contributed by atoms with Crippen LogP contribution in [-0.4, -0.2) is 32.7 Å². The highest BCUT2D eigenvalue weighted by Gasteiger charge is 2.41. The first kappa shape index (κ1) is 14.4. The molecule has 1 atom stereocenters. The molecule has 1 saturated heterocycles. The summed E-state index contributed by atoms with van der Waals surface area (Å²) in [5.41, 5.74) is -0.439. The molecular weight excluding hydrogens is 315 g/mol. The smallest absolute Gasteiger partial charge is 0.234 e. The van der Waals surface area contributed by atoms with Crippen LogP contribution in [0.4, 0.5) is 10.1 Å². The number of methoxy groups -OCH3 is 1. The molecule has 19 heavy (non-hydrogen) atoms. The summed E-state index contributed by atoms with van der Waals surface area (Å²) in [6.07, 6.45) is 0.683. The Morgan fingerprint density at radius 2 is 2.42 bits per heavy atom. The molecule has 0 spiro atoms. The standard InChI is InChI=1S/C13H16BrFN2O2/c1-19-8-13(4-5-16-7-13)12(18)17-11-6-9(14)2-3-10(11)15/h2-3,6,16H,4-5,7-8H2,1H3,(H,17,18). The van der Waals surface area contributed by atoms with Crippen molar-refractivity contribution < 1.29 is 13.9 Å². The van der Waals surface area contributed by atoms with Gasteiger partial charge in [-0.05, 0) is 31.2 Å².